The van der Waals surface area contributed by atoms with E-state index in [2.05, 4.69) is 32.9 Å². The second kappa shape index (κ2) is 4.58. The predicted octanol–water partition coefficient (Wildman–Crippen LogP) is 3.60. The van der Waals surface area contributed by atoms with Gasteiger partial charge >= 0.3 is 0 Å². The predicted molar refractivity (Wildman–Crippen MR) is 53.1 cm³/mol. The van der Waals surface area contributed by atoms with Crippen LogP contribution in [-0.2, 0) is 0 Å². The first-order valence-corrected chi connectivity index (χ1v) is 4.78. The maximum absolute atomic E-state index is 10.4. The van der Waals surface area contributed by atoms with Crippen molar-refractivity contribution in [1.82, 2.24) is 0 Å². The fraction of sp³-hybridized carbons (Fsp3) is 1.00. The molecule has 0 aromatic heterocycles. The van der Waals surface area contributed by atoms with E-state index in [0.29, 0.717) is 5.92 Å². The molecule has 0 fully saturated rings. The molecule has 0 amide bonds. The molecule has 0 aliphatic heterocycles. The summed E-state index contributed by atoms with van der Waals surface area (Å²) in [7, 11) is 0. The molecule has 0 radical (unpaired) electrons. The molecule has 0 saturated heterocycles. The van der Waals surface area contributed by atoms with Gasteiger partial charge in [-0.25, -0.2) is 0 Å². The Morgan fingerprint density at radius 2 is 1.83 bits per heavy atom. The van der Waals surface area contributed by atoms with E-state index < -0.39 is 0 Å². The van der Waals surface area contributed by atoms with Gasteiger partial charge in [0.05, 0.1) is 6.04 Å². The van der Waals surface area contributed by atoms with Crippen LogP contribution >= 0.6 is 0 Å². The Labute approximate surface area is 75.7 Å². The highest BCUT2D eigenvalue weighted by molar-refractivity contribution is 4.84. The van der Waals surface area contributed by atoms with Crippen molar-refractivity contribution in [3.05, 3.63) is 4.91 Å². The van der Waals surface area contributed by atoms with Crippen LogP contribution in [0.4, 0.5) is 0 Å². The summed E-state index contributed by atoms with van der Waals surface area (Å²) in [6, 6.07) is -0.0649. The number of nitroso groups, excluding NO2 is 1. The maximum Gasteiger partial charge on any atom is 0.0945 e. The minimum Gasteiger partial charge on any atom is -0.151 e. The molecule has 0 rings (SSSR count). The van der Waals surface area contributed by atoms with Crippen LogP contribution in [0.15, 0.2) is 5.18 Å². The van der Waals surface area contributed by atoms with Crippen molar-refractivity contribution in [3.63, 3.8) is 0 Å². The summed E-state index contributed by atoms with van der Waals surface area (Å²) < 4.78 is 0. The third-order valence-electron chi connectivity index (χ3n) is 2.85. The molecular formula is C10H21NO. The minimum absolute atomic E-state index is 0.0649. The average Bonchev–Trinajstić information content (AvgIpc) is 2.01. The smallest absolute Gasteiger partial charge is 0.0945 e. The molecule has 0 aromatic rings. The van der Waals surface area contributed by atoms with Crippen LogP contribution in [0.3, 0.4) is 0 Å². The van der Waals surface area contributed by atoms with Crippen LogP contribution in [0.1, 0.15) is 47.5 Å². The lowest BCUT2D eigenvalue weighted by atomic mass is 9.75. The molecule has 12 heavy (non-hydrogen) atoms. The van der Waals surface area contributed by atoms with Gasteiger partial charge in [-0.3, -0.25) is 0 Å². The van der Waals surface area contributed by atoms with Crippen LogP contribution in [0, 0.1) is 16.2 Å². The molecule has 0 aliphatic carbocycles. The molecular weight excluding hydrogens is 150 g/mol. The molecule has 2 heteroatoms. The number of hydrogen-bond donors (Lipinski definition) is 0. The monoisotopic (exact) mass is 171 g/mol. The van der Waals surface area contributed by atoms with Gasteiger partial charge in [0, 0.05) is 0 Å². The molecule has 0 N–H and O–H groups in total. The first-order valence-electron chi connectivity index (χ1n) is 4.78. The van der Waals surface area contributed by atoms with Crippen molar-refractivity contribution in [1.29, 1.82) is 0 Å². The average molecular weight is 171 g/mol. The van der Waals surface area contributed by atoms with Crippen molar-refractivity contribution in [3.8, 4) is 0 Å². The lowest BCUT2D eigenvalue weighted by molar-refractivity contribution is 0.204. The van der Waals surface area contributed by atoms with E-state index >= 15 is 0 Å². The lowest BCUT2D eigenvalue weighted by Gasteiger charge is -2.32. The highest BCUT2D eigenvalue weighted by atomic mass is 16.3. The summed E-state index contributed by atoms with van der Waals surface area (Å²) in [5.74, 6) is 0.638. The van der Waals surface area contributed by atoms with Crippen LogP contribution in [0.25, 0.3) is 0 Å². The van der Waals surface area contributed by atoms with Crippen molar-refractivity contribution in [2.24, 2.45) is 16.5 Å². The largest absolute Gasteiger partial charge is 0.151 e. The summed E-state index contributed by atoms with van der Waals surface area (Å²) in [5, 5.41) is 3.13. The Hall–Kier alpha value is -0.400. The minimum atomic E-state index is -0.0649. The summed E-state index contributed by atoms with van der Waals surface area (Å²) in [6.07, 6.45) is 2.11. The van der Waals surface area contributed by atoms with Gasteiger partial charge in [-0.15, -0.1) is 0 Å². The van der Waals surface area contributed by atoms with Gasteiger partial charge in [0.1, 0.15) is 0 Å². The first kappa shape index (κ1) is 11.6. The van der Waals surface area contributed by atoms with Gasteiger partial charge < -0.3 is 0 Å². The third kappa shape index (κ3) is 2.92. The molecule has 0 aromatic carbocycles. The Morgan fingerprint density at radius 3 is 2.08 bits per heavy atom. The van der Waals surface area contributed by atoms with Gasteiger partial charge in [0.2, 0.25) is 0 Å². The summed E-state index contributed by atoms with van der Waals surface area (Å²) in [6.45, 7) is 10.6. The summed E-state index contributed by atoms with van der Waals surface area (Å²) in [4.78, 5) is 10.4. The van der Waals surface area contributed by atoms with Crippen LogP contribution in [-0.4, -0.2) is 6.04 Å². The van der Waals surface area contributed by atoms with E-state index in [1.165, 1.54) is 0 Å². The first-order chi connectivity index (χ1) is 5.46. The van der Waals surface area contributed by atoms with Gasteiger partial charge in [0.15, 0.2) is 0 Å². The number of nitrogens with zero attached hydrogens (tertiary/aromatic N) is 1. The summed E-state index contributed by atoms with van der Waals surface area (Å²) in [5.41, 5.74) is 0.0932. The quantitative estimate of drug-likeness (QED) is 0.581. The zero-order chi connectivity index (χ0) is 9.78. The van der Waals surface area contributed by atoms with E-state index in [0.717, 1.165) is 12.8 Å². The standard InChI is InChI=1S/C10H21NO/c1-6-10(5,7-8(2)3)9(4)11-12/h8-9H,6-7H2,1-5H3. The van der Waals surface area contributed by atoms with Crippen molar-refractivity contribution in [2.75, 3.05) is 0 Å². The highest BCUT2D eigenvalue weighted by Crippen LogP contribution is 2.34. The van der Waals surface area contributed by atoms with Crippen molar-refractivity contribution >= 4 is 0 Å². The van der Waals surface area contributed by atoms with Gasteiger partial charge in [-0.2, -0.15) is 4.91 Å². The van der Waals surface area contributed by atoms with Gasteiger partial charge in [-0.1, -0.05) is 32.9 Å². The van der Waals surface area contributed by atoms with Gasteiger partial charge in [-0.05, 0) is 31.1 Å². The normalized spacial score (nSPS) is 18.8. The topological polar surface area (TPSA) is 29.4 Å². The zero-order valence-electron chi connectivity index (χ0n) is 8.92. The Kier molecular flexibility index (Phi) is 4.43. The van der Waals surface area contributed by atoms with E-state index in [1.807, 2.05) is 6.92 Å². The highest BCUT2D eigenvalue weighted by Gasteiger charge is 2.30. The second-order valence-electron chi connectivity index (χ2n) is 4.39. The van der Waals surface area contributed by atoms with Gasteiger partial charge in [0.25, 0.3) is 0 Å². The molecule has 0 saturated carbocycles. The van der Waals surface area contributed by atoms with Crippen LogP contribution in [0.5, 0.6) is 0 Å². The molecule has 72 valence electrons. The van der Waals surface area contributed by atoms with E-state index in [4.69, 9.17) is 0 Å². The summed E-state index contributed by atoms with van der Waals surface area (Å²) >= 11 is 0. The zero-order valence-corrected chi connectivity index (χ0v) is 8.92. The van der Waals surface area contributed by atoms with Crippen molar-refractivity contribution in [2.45, 2.75) is 53.5 Å². The van der Waals surface area contributed by atoms with E-state index in [9.17, 15) is 4.91 Å². The molecule has 0 spiro atoms. The fourth-order valence-corrected chi connectivity index (χ4v) is 1.67. The Bertz CT molecular complexity index is 145. The number of rotatable bonds is 5. The SMILES string of the molecule is CCC(C)(CC(C)C)C(C)N=O. The maximum atomic E-state index is 10.4. The molecule has 0 aliphatic rings. The molecule has 2 nitrogen and oxygen atoms in total. The molecule has 2 unspecified atom stereocenters. The Balaban J connectivity index is 4.32. The Morgan fingerprint density at radius 1 is 1.33 bits per heavy atom. The van der Waals surface area contributed by atoms with Crippen molar-refractivity contribution < 1.29 is 0 Å². The second-order valence-corrected chi connectivity index (χ2v) is 4.39. The fourth-order valence-electron chi connectivity index (χ4n) is 1.67. The van der Waals surface area contributed by atoms with Crippen LogP contribution in [0.2, 0.25) is 0 Å². The molecule has 2 atom stereocenters. The van der Waals surface area contributed by atoms with E-state index in [1.54, 1.807) is 0 Å². The molecule has 0 heterocycles. The number of hydrogen-bond acceptors (Lipinski definition) is 2. The van der Waals surface area contributed by atoms with E-state index in [-0.39, 0.29) is 11.5 Å². The molecule has 0 bridgehead atoms. The lowest BCUT2D eigenvalue weighted by Crippen LogP contribution is -2.29. The van der Waals surface area contributed by atoms with Crippen LogP contribution < -0.4 is 0 Å². The third-order valence-corrected chi connectivity index (χ3v) is 2.85.